The molecule has 0 aliphatic carbocycles. The van der Waals surface area contributed by atoms with Crippen molar-refractivity contribution in [3.63, 3.8) is 0 Å². The number of carbonyl (C=O) groups is 1. The highest BCUT2D eigenvalue weighted by molar-refractivity contribution is 6.05. The van der Waals surface area contributed by atoms with E-state index in [1.165, 1.54) is 47.7 Å². The number of carbonyl (C=O) groups excluding carboxylic acids is 1. The fraction of sp³-hybridized carbons (Fsp3) is 0.350. The molecule has 0 aromatic heterocycles. The summed E-state index contributed by atoms with van der Waals surface area (Å²) in [6.07, 6.45) is 0. The van der Waals surface area contributed by atoms with Gasteiger partial charge in [-0.25, -0.2) is 0 Å². The molecule has 3 rings (SSSR count). The molecule has 0 unspecified atom stereocenters. The molecule has 2 aromatic rings. The summed E-state index contributed by atoms with van der Waals surface area (Å²) in [6, 6.07) is 9.37. The minimum absolute atomic E-state index is 0.137. The van der Waals surface area contributed by atoms with Crippen LogP contribution in [0, 0.1) is 0 Å². The van der Waals surface area contributed by atoms with E-state index in [0.29, 0.717) is 22.8 Å². The first kappa shape index (κ1) is 19.9. The third-order valence-corrected chi connectivity index (χ3v) is 4.79. The van der Waals surface area contributed by atoms with E-state index >= 15 is 0 Å². The highest BCUT2D eigenvalue weighted by atomic mass is 16.8. The number of methoxy groups -OCH3 is 5. The second-order valence-corrected chi connectivity index (χ2v) is 6.03. The van der Waals surface area contributed by atoms with Crippen LogP contribution in [0.4, 0.5) is 0 Å². The van der Waals surface area contributed by atoms with Crippen LogP contribution in [0.15, 0.2) is 36.4 Å². The summed E-state index contributed by atoms with van der Waals surface area (Å²) in [6.45, 7) is 0. The summed E-state index contributed by atoms with van der Waals surface area (Å²) in [4.78, 5) is 13.2. The van der Waals surface area contributed by atoms with Gasteiger partial charge in [-0.15, -0.1) is 0 Å². The molecule has 8 heteroatoms. The first-order valence-corrected chi connectivity index (χ1v) is 8.37. The van der Waals surface area contributed by atoms with Gasteiger partial charge in [0.05, 0.1) is 26.9 Å². The second kappa shape index (κ2) is 7.31. The third-order valence-electron chi connectivity index (χ3n) is 4.79. The van der Waals surface area contributed by atoms with Crippen LogP contribution in [0.25, 0.3) is 0 Å². The molecule has 0 saturated heterocycles. The molecular weight excluding hydrogens is 368 g/mol. The lowest BCUT2D eigenvalue weighted by Crippen LogP contribution is -2.64. The number of hydrogen-bond acceptors (Lipinski definition) is 8. The molecule has 1 heterocycles. The van der Waals surface area contributed by atoms with E-state index in [9.17, 15) is 9.90 Å². The Morgan fingerprint density at radius 3 is 2.14 bits per heavy atom. The summed E-state index contributed by atoms with van der Waals surface area (Å²) in [5, 5.41) is 11.3. The van der Waals surface area contributed by atoms with Gasteiger partial charge in [0.1, 0.15) is 11.5 Å². The van der Waals surface area contributed by atoms with Crippen molar-refractivity contribution in [1.82, 2.24) is 0 Å². The Morgan fingerprint density at radius 1 is 0.857 bits per heavy atom. The summed E-state index contributed by atoms with van der Waals surface area (Å²) in [7, 11) is 6.97. The number of rotatable bonds is 6. The average Bonchev–Trinajstić information content (AvgIpc) is 2.75. The predicted molar refractivity (Wildman–Crippen MR) is 98.1 cm³/mol. The van der Waals surface area contributed by atoms with Crippen molar-refractivity contribution in [2.45, 2.75) is 11.6 Å². The highest BCUT2D eigenvalue weighted by Crippen LogP contribution is 2.48. The fourth-order valence-electron chi connectivity index (χ4n) is 3.28. The molecule has 0 amide bonds. The van der Waals surface area contributed by atoms with E-state index in [0.717, 1.165) is 0 Å². The number of ketones is 1. The quantitative estimate of drug-likeness (QED) is 0.750. The molecular formula is C20H22O8. The van der Waals surface area contributed by atoms with Crippen LogP contribution in [0.3, 0.4) is 0 Å². The number of aliphatic hydroxyl groups is 1. The van der Waals surface area contributed by atoms with Crippen molar-refractivity contribution < 1.29 is 38.3 Å². The van der Waals surface area contributed by atoms with Crippen LogP contribution < -0.4 is 18.9 Å². The molecule has 0 radical (unpaired) electrons. The molecule has 1 aliphatic heterocycles. The summed E-state index contributed by atoms with van der Waals surface area (Å²) in [5.41, 5.74) is 0.428. The molecule has 1 N–H and O–H groups in total. The molecule has 0 fully saturated rings. The van der Waals surface area contributed by atoms with Gasteiger partial charge >= 0.3 is 5.79 Å². The molecule has 8 nitrogen and oxygen atoms in total. The van der Waals surface area contributed by atoms with Crippen LogP contribution in [0.5, 0.6) is 23.0 Å². The Morgan fingerprint density at radius 2 is 1.57 bits per heavy atom. The van der Waals surface area contributed by atoms with Crippen LogP contribution >= 0.6 is 0 Å². The number of hydrogen-bond donors (Lipinski definition) is 1. The van der Waals surface area contributed by atoms with Gasteiger partial charge in [0.2, 0.25) is 5.78 Å². The van der Waals surface area contributed by atoms with Crippen molar-refractivity contribution in [1.29, 1.82) is 0 Å². The SMILES string of the molecule is COc1ccc2c(c1)O[C@](OC)(c1ccc(OC)c(OC)c1)[C@@](O)(OC)C2=O. The van der Waals surface area contributed by atoms with Gasteiger partial charge in [-0.3, -0.25) is 4.79 Å². The maximum atomic E-state index is 13.2. The van der Waals surface area contributed by atoms with Gasteiger partial charge in [-0.2, -0.15) is 0 Å². The Kier molecular flexibility index (Phi) is 5.20. The predicted octanol–water partition coefficient (Wildman–Crippen LogP) is 2.12. The van der Waals surface area contributed by atoms with Crippen LogP contribution in [-0.2, 0) is 15.3 Å². The number of Topliss-reactive ketones (excluding diaryl/α,β-unsaturated/α-hetero) is 1. The van der Waals surface area contributed by atoms with Gasteiger partial charge in [-0.05, 0) is 30.3 Å². The minimum Gasteiger partial charge on any atom is -0.497 e. The van der Waals surface area contributed by atoms with Crippen LogP contribution in [-0.4, -0.2) is 52.2 Å². The Labute approximate surface area is 162 Å². The van der Waals surface area contributed by atoms with Crippen molar-refractivity contribution in [2.75, 3.05) is 35.5 Å². The molecule has 28 heavy (non-hydrogen) atoms. The van der Waals surface area contributed by atoms with E-state index in [1.807, 2.05) is 0 Å². The van der Waals surface area contributed by atoms with E-state index in [-0.39, 0.29) is 11.3 Å². The zero-order chi connectivity index (χ0) is 20.5. The molecule has 1 aliphatic rings. The summed E-state index contributed by atoms with van der Waals surface area (Å²) < 4.78 is 32.7. The van der Waals surface area contributed by atoms with Gasteiger partial charge in [0.15, 0.2) is 11.5 Å². The molecule has 0 spiro atoms. The molecule has 150 valence electrons. The van der Waals surface area contributed by atoms with E-state index in [1.54, 1.807) is 24.3 Å². The normalized spacial score (nSPS) is 23.6. The maximum absolute atomic E-state index is 13.2. The minimum atomic E-state index is -2.46. The molecule has 2 atom stereocenters. The molecule has 2 aromatic carbocycles. The lowest BCUT2D eigenvalue weighted by molar-refractivity contribution is -0.346. The summed E-state index contributed by atoms with van der Waals surface area (Å²) in [5.74, 6) is -3.68. The largest absolute Gasteiger partial charge is 0.497 e. The standard InChI is InChI=1S/C20H22O8/c1-23-13-7-8-14-16(11-13)28-20(27-5,19(22,26-4)18(14)21)12-6-9-15(24-2)17(10-12)25-3/h6-11,22H,1-5H3/t19-,20+/m0/s1. The zero-order valence-electron chi connectivity index (χ0n) is 16.3. The first-order chi connectivity index (χ1) is 13.4. The topological polar surface area (TPSA) is 92.7 Å². The monoisotopic (exact) mass is 390 g/mol. The van der Waals surface area contributed by atoms with Crippen molar-refractivity contribution >= 4 is 5.78 Å². The number of benzene rings is 2. The zero-order valence-corrected chi connectivity index (χ0v) is 16.3. The molecule has 0 bridgehead atoms. The Bertz CT molecular complexity index is 896. The Hall–Kier alpha value is -2.81. The highest BCUT2D eigenvalue weighted by Gasteiger charge is 2.65. The van der Waals surface area contributed by atoms with Crippen LogP contribution in [0.2, 0.25) is 0 Å². The van der Waals surface area contributed by atoms with Crippen molar-refractivity contribution in [3.8, 4) is 23.0 Å². The smallest absolute Gasteiger partial charge is 0.304 e. The average molecular weight is 390 g/mol. The van der Waals surface area contributed by atoms with E-state index in [4.69, 9.17) is 28.4 Å². The van der Waals surface area contributed by atoms with Gasteiger partial charge < -0.3 is 33.5 Å². The lowest BCUT2D eigenvalue weighted by Gasteiger charge is -2.46. The Balaban J connectivity index is 2.26. The lowest BCUT2D eigenvalue weighted by atomic mass is 9.86. The van der Waals surface area contributed by atoms with Crippen molar-refractivity contribution in [3.05, 3.63) is 47.5 Å². The fourth-order valence-corrected chi connectivity index (χ4v) is 3.28. The van der Waals surface area contributed by atoms with Crippen LogP contribution in [0.1, 0.15) is 15.9 Å². The van der Waals surface area contributed by atoms with Gasteiger partial charge in [0.25, 0.3) is 5.79 Å². The third kappa shape index (κ3) is 2.69. The molecule has 0 saturated carbocycles. The first-order valence-electron chi connectivity index (χ1n) is 8.37. The van der Waals surface area contributed by atoms with E-state index in [2.05, 4.69) is 0 Å². The van der Waals surface area contributed by atoms with E-state index < -0.39 is 17.4 Å². The second-order valence-electron chi connectivity index (χ2n) is 6.03. The van der Waals surface area contributed by atoms with Gasteiger partial charge in [-0.1, -0.05) is 0 Å². The maximum Gasteiger partial charge on any atom is 0.304 e. The number of fused-ring (bicyclic) bond motifs is 1. The number of ether oxygens (including phenoxy) is 6. The van der Waals surface area contributed by atoms with Crippen molar-refractivity contribution in [2.24, 2.45) is 0 Å². The van der Waals surface area contributed by atoms with Gasteiger partial charge in [0, 0.05) is 25.8 Å². The summed E-state index contributed by atoms with van der Waals surface area (Å²) >= 11 is 0.